The molecule has 118 valence electrons. The Bertz CT molecular complexity index is 622. The van der Waals surface area contributed by atoms with Gasteiger partial charge in [0.2, 0.25) is 11.8 Å². The average Bonchev–Trinajstić information content (AvgIpc) is 3.21. The third-order valence-electron chi connectivity index (χ3n) is 4.13. The Balaban J connectivity index is 1.62. The second kappa shape index (κ2) is 6.31. The topological polar surface area (TPSA) is 76.2 Å². The van der Waals surface area contributed by atoms with Gasteiger partial charge in [-0.25, -0.2) is 0 Å². The van der Waals surface area contributed by atoms with E-state index >= 15 is 0 Å². The van der Waals surface area contributed by atoms with Crippen molar-refractivity contribution in [3.05, 3.63) is 30.2 Å². The summed E-state index contributed by atoms with van der Waals surface area (Å²) in [6, 6.07) is 3.75. The highest BCUT2D eigenvalue weighted by Crippen LogP contribution is 2.22. The van der Waals surface area contributed by atoms with Gasteiger partial charge in [0.25, 0.3) is 0 Å². The molecule has 1 amide bonds. The number of nitrogens with zero attached hydrogens (tertiary/aromatic N) is 4. The summed E-state index contributed by atoms with van der Waals surface area (Å²) in [5.41, 5.74) is 0.751. The van der Waals surface area contributed by atoms with Gasteiger partial charge in [0.15, 0.2) is 0 Å². The van der Waals surface area contributed by atoms with Crippen molar-refractivity contribution in [2.45, 2.75) is 45.3 Å². The number of likely N-dealkylation sites (tertiary alicyclic amines) is 1. The number of nitrogens with one attached hydrogen (secondary N) is 1. The Morgan fingerprint density at radius 3 is 3.14 bits per heavy atom. The predicted molar refractivity (Wildman–Crippen MR) is 81.3 cm³/mol. The molecule has 2 unspecified atom stereocenters. The average molecular weight is 303 g/mol. The molecule has 7 nitrogen and oxygen atoms in total. The van der Waals surface area contributed by atoms with Crippen LogP contribution in [0, 0.1) is 6.92 Å². The Labute approximate surface area is 129 Å². The van der Waals surface area contributed by atoms with E-state index in [9.17, 15) is 4.79 Å². The summed E-state index contributed by atoms with van der Waals surface area (Å²) in [5.74, 6) is 0.334. The zero-order chi connectivity index (χ0) is 15.5. The summed E-state index contributed by atoms with van der Waals surface area (Å²) in [6.07, 6.45) is 5.92. The van der Waals surface area contributed by atoms with Crippen molar-refractivity contribution in [3.8, 4) is 0 Å². The number of hydrogen-bond donors (Lipinski definition) is 1. The Morgan fingerprint density at radius 2 is 2.45 bits per heavy atom. The minimum atomic E-state index is -0.214. The van der Waals surface area contributed by atoms with E-state index in [4.69, 9.17) is 4.52 Å². The molecule has 0 spiro atoms. The summed E-state index contributed by atoms with van der Waals surface area (Å²) in [6.45, 7) is 5.49. The van der Waals surface area contributed by atoms with Crippen LogP contribution in [0.25, 0.3) is 0 Å². The van der Waals surface area contributed by atoms with E-state index in [1.807, 2.05) is 30.8 Å². The van der Waals surface area contributed by atoms with E-state index in [1.165, 1.54) is 0 Å². The van der Waals surface area contributed by atoms with E-state index in [-0.39, 0.29) is 11.9 Å². The van der Waals surface area contributed by atoms with Crippen LogP contribution >= 0.6 is 0 Å². The number of anilines is 1. The van der Waals surface area contributed by atoms with Gasteiger partial charge < -0.3 is 4.52 Å². The fourth-order valence-electron chi connectivity index (χ4n) is 2.99. The molecule has 1 aliphatic rings. The van der Waals surface area contributed by atoms with E-state index in [0.29, 0.717) is 11.9 Å². The molecule has 2 aromatic heterocycles. The molecule has 0 aromatic carbocycles. The van der Waals surface area contributed by atoms with Gasteiger partial charge in [0.05, 0.1) is 18.3 Å². The molecule has 1 saturated heterocycles. The van der Waals surface area contributed by atoms with Gasteiger partial charge >= 0.3 is 0 Å². The second-order valence-corrected chi connectivity index (χ2v) is 5.76. The first-order valence-corrected chi connectivity index (χ1v) is 7.61. The maximum Gasteiger partial charge on any atom is 0.243 e. The quantitative estimate of drug-likeness (QED) is 0.909. The van der Waals surface area contributed by atoms with Gasteiger partial charge in [-0.1, -0.05) is 5.16 Å². The molecule has 7 heteroatoms. The van der Waals surface area contributed by atoms with Crippen LogP contribution in [0.15, 0.2) is 29.0 Å². The Kier molecular flexibility index (Phi) is 4.24. The first kappa shape index (κ1) is 14.8. The van der Waals surface area contributed by atoms with E-state index in [0.717, 1.165) is 31.6 Å². The van der Waals surface area contributed by atoms with Crippen LogP contribution < -0.4 is 5.32 Å². The molecule has 1 N–H and O–H groups in total. The van der Waals surface area contributed by atoms with Crippen molar-refractivity contribution >= 4 is 11.8 Å². The zero-order valence-electron chi connectivity index (χ0n) is 12.9. The molecule has 22 heavy (non-hydrogen) atoms. The first-order chi connectivity index (χ1) is 10.6. The lowest BCUT2D eigenvalue weighted by Crippen LogP contribution is -2.46. The standard InChI is InChI=1S/C15H21N5O2/c1-11-9-14(22-18-11)17-15(21)12(2)20-8-3-5-13(20)10-19-7-4-6-16-19/h4,6-7,9,12-13H,3,5,8,10H2,1-2H3,(H,17,21). The number of aromatic nitrogens is 3. The Morgan fingerprint density at radius 1 is 1.59 bits per heavy atom. The molecule has 0 bridgehead atoms. The van der Waals surface area contributed by atoms with Gasteiger partial charge in [-0.15, -0.1) is 0 Å². The van der Waals surface area contributed by atoms with Crippen LogP contribution in [-0.2, 0) is 11.3 Å². The van der Waals surface area contributed by atoms with Crippen molar-refractivity contribution in [3.63, 3.8) is 0 Å². The summed E-state index contributed by atoms with van der Waals surface area (Å²) >= 11 is 0. The minimum absolute atomic E-state index is 0.0662. The van der Waals surface area contributed by atoms with Crippen LogP contribution in [0.2, 0.25) is 0 Å². The second-order valence-electron chi connectivity index (χ2n) is 5.76. The third kappa shape index (κ3) is 3.19. The normalized spacial score (nSPS) is 20.2. The van der Waals surface area contributed by atoms with Crippen molar-refractivity contribution in [1.29, 1.82) is 0 Å². The molecular formula is C15H21N5O2. The fraction of sp³-hybridized carbons (Fsp3) is 0.533. The van der Waals surface area contributed by atoms with E-state index in [2.05, 4.69) is 20.5 Å². The number of aryl methyl sites for hydroxylation is 1. The minimum Gasteiger partial charge on any atom is -0.338 e. The van der Waals surface area contributed by atoms with Gasteiger partial charge in [0, 0.05) is 24.5 Å². The molecule has 0 saturated carbocycles. The largest absolute Gasteiger partial charge is 0.338 e. The highest BCUT2D eigenvalue weighted by Gasteiger charge is 2.32. The Hall–Kier alpha value is -2.15. The lowest BCUT2D eigenvalue weighted by Gasteiger charge is -2.29. The summed E-state index contributed by atoms with van der Waals surface area (Å²) < 4.78 is 6.97. The summed E-state index contributed by atoms with van der Waals surface area (Å²) in [4.78, 5) is 14.6. The van der Waals surface area contributed by atoms with Crippen molar-refractivity contribution < 1.29 is 9.32 Å². The zero-order valence-corrected chi connectivity index (χ0v) is 12.9. The monoisotopic (exact) mass is 303 g/mol. The molecule has 1 aliphatic heterocycles. The summed E-state index contributed by atoms with van der Waals surface area (Å²) in [5, 5.41) is 10.8. The van der Waals surface area contributed by atoms with Crippen LogP contribution in [0.5, 0.6) is 0 Å². The maximum absolute atomic E-state index is 12.4. The van der Waals surface area contributed by atoms with Crippen molar-refractivity contribution in [2.24, 2.45) is 0 Å². The maximum atomic E-state index is 12.4. The van der Waals surface area contributed by atoms with E-state index < -0.39 is 0 Å². The molecule has 3 rings (SSSR count). The highest BCUT2D eigenvalue weighted by molar-refractivity contribution is 5.93. The SMILES string of the molecule is Cc1cc(NC(=O)C(C)N2CCCC2Cn2cccn2)on1. The lowest BCUT2D eigenvalue weighted by molar-refractivity contribution is -0.121. The smallest absolute Gasteiger partial charge is 0.243 e. The highest BCUT2D eigenvalue weighted by atomic mass is 16.5. The third-order valence-corrected chi connectivity index (χ3v) is 4.13. The van der Waals surface area contributed by atoms with Crippen LogP contribution in [0.4, 0.5) is 5.88 Å². The van der Waals surface area contributed by atoms with Crippen LogP contribution in [0.3, 0.4) is 0 Å². The van der Waals surface area contributed by atoms with Gasteiger partial charge in [-0.2, -0.15) is 5.10 Å². The number of carbonyl (C=O) groups is 1. The lowest BCUT2D eigenvalue weighted by atomic mass is 10.2. The number of hydrogen-bond acceptors (Lipinski definition) is 5. The van der Waals surface area contributed by atoms with Crippen molar-refractivity contribution in [1.82, 2.24) is 19.8 Å². The number of rotatable bonds is 5. The van der Waals surface area contributed by atoms with Gasteiger partial charge in [-0.05, 0) is 39.3 Å². The number of amides is 1. The molecule has 3 heterocycles. The molecule has 1 fully saturated rings. The van der Waals surface area contributed by atoms with Gasteiger partial charge in [0.1, 0.15) is 0 Å². The van der Waals surface area contributed by atoms with Crippen molar-refractivity contribution in [2.75, 3.05) is 11.9 Å². The first-order valence-electron chi connectivity index (χ1n) is 7.61. The molecule has 2 aromatic rings. The summed E-state index contributed by atoms with van der Waals surface area (Å²) in [7, 11) is 0. The van der Waals surface area contributed by atoms with Crippen LogP contribution in [0.1, 0.15) is 25.5 Å². The molecule has 0 radical (unpaired) electrons. The van der Waals surface area contributed by atoms with E-state index in [1.54, 1.807) is 12.3 Å². The molecule has 2 atom stereocenters. The number of carbonyl (C=O) groups excluding carboxylic acids is 1. The predicted octanol–water partition coefficient (Wildman–Crippen LogP) is 1.67. The molecular weight excluding hydrogens is 282 g/mol. The molecule has 0 aliphatic carbocycles. The fourth-order valence-corrected chi connectivity index (χ4v) is 2.99. The van der Waals surface area contributed by atoms with Crippen LogP contribution in [-0.4, -0.2) is 44.4 Å². The van der Waals surface area contributed by atoms with Gasteiger partial charge in [-0.3, -0.25) is 19.7 Å².